The van der Waals surface area contributed by atoms with Crippen LogP contribution in [0.5, 0.6) is 0 Å². The first-order valence-electron chi connectivity index (χ1n) is 12.9. The molecule has 0 fully saturated rings. The second-order valence-corrected chi connectivity index (χ2v) is 9.97. The number of rotatable bonds is 8. The topological polar surface area (TPSA) is 90.1 Å². The van der Waals surface area contributed by atoms with Gasteiger partial charge in [-0.3, -0.25) is 14.5 Å². The molecule has 0 radical (unpaired) electrons. The van der Waals surface area contributed by atoms with Crippen molar-refractivity contribution >= 4 is 46.2 Å². The van der Waals surface area contributed by atoms with E-state index in [0.29, 0.717) is 18.8 Å². The smallest absolute Gasteiger partial charge is 0.225 e. The van der Waals surface area contributed by atoms with Gasteiger partial charge in [0.25, 0.3) is 0 Å². The Bertz CT molecular complexity index is 1690. The van der Waals surface area contributed by atoms with Gasteiger partial charge >= 0.3 is 0 Å². The van der Waals surface area contributed by atoms with E-state index in [1.165, 1.54) is 0 Å². The van der Waals surface area contributed by atoms with Crippen LogP contribution in [0.4, 0.5) is 5.69 Å². The van der Waals surface area contributed by atoms with Crippen LogP contribution < -0.4 is 5.32 Å². The van der Waals surface area contributed by atoms with Crippen LogP contribution >= 0.6 is 12.6 Å². The molecule has 6 rings (SSSR count). The van der Waals surface area contributed by atoms with Crippen LogP contribution in [0.2, 0.25) is 0 Å². The maximum absolute atomic E-state index is 12.1. The fourth-order valence-electron chi connectivity index (χ4n) is 4.87. The lowest BCUT2D eigenvalue weighted by molar-refractivity contribution is -0.115. The maximum atomic E-state index is 12.1. The number of aromatic nitrogens is 5. The van der Waals surface area contributed by atoms with Crippen molar-refractivity contribution < 1.29 is 9.53 Å². The standard InChI is InChI=1S/C29H29N7O2S/c1-34-19-24(22-6-5-21(15-27(22)34)32-28(37)7-14-39)23-3-2-4-25-29(23)33-26(17-30-25)20-16-31-36(18-20)9-8-35-10-12-38-13-11-35/h2-6,10,12,15-19,39H,7-9,11,13-14H2,1H3,(H,32,37). The van der Waals surface area contributed by atoms with Crippen molar-refractivity contribution in [3.05, 3.63) is 73.6 Å². The van der Waals surface area contributed by atoms with E-state index in [0.717, 1.165) is 69.6 Å². The van der Waals surface area contributed by atoms with Gasteiger partial charge in [-0.1, -0.05) is 18.2 Å². The molecule has 0 spiro atoms. The Hall–Kier alpha value is -4.31. The molecule has 0 saturated carbocycles. The van der Waals surface area contributed by atoms with Crippen molar-refractivity contribution in [2.45, 2.75) is 13.0 Å². The second-order valence-electron chi connectivity index (χ2n) is 9.52. The summed E-state index contributed by atoms with van der Waals surface area (Å²) in [5.41, 5.74) is 7.22. The monoisotopic (exact) mass is 539 g/mol. The number of carbonyl (C=O) groups is 1. The van der Waals surface area contributed by atoms with Crippen LogP contribution in [0.15, 0.2) is 73.6 Å². The SMILES string of the molecule is Cn1cc(-c2cccc3ncc(-c4cnn(CCN5C=COCC5)c4)nc23)c2ccc(NC(=O)CCS)cc21. The van der Waals surface area contributed by atoms with Crippen LogP contribution in [0.3, 0.4) is 0 Å². The molecular formula is C29H29N7O2S. The molecule has 1 N–H and O–H groups in total. The zero-order valence-corrected chi connectivity index (χ0v) is 22.5. The number of nitrogens with one attached hydrogen (secondary N) is 1. The van der Waals surface area contributed by atoms with E-state index in [9.17, 15) is 4.79 Å². The van der Waals surface area contributed by atoms with Crippen molar-refractivity contribution in [2.75, 3.05) is 30.8 Å². The third-order valence-corrected chi connectivity index (χ3v) is 7.11. The molecule has 0 atom stereocenters. The molecule has 0 saturated heterocycles. The van der Waals surface area contributed by atoms with Crippen molar-refractivity contribution in [3.63, 3.8) is 0 Å². The molecular weight excluding hydrogens is 510 g/mol. The fraction of sp³-hybridized carbons (Fsp3) is 0.241. The van der Waals surface area contributed by atoms with E-state index >= 15 is 0 Å². The number of benzene rings is 2. The van der Waals surface area contributed by atoms with Gasteiger partial charge in [0.15, 0.2) is 0 Å². The number of hydrogen-bond acceptors (Lipinski definition) is 7. The Balaban J connectivity index is 1.31. The minimum Gasteiger partial charge on any atom is -0.498 e. The first-order valence-corrected chi connectivity index (χ1v) is 13.5. The van der Waals surface area contributed by atoms with Gasteiger partial charge in [0.2, 0.25) is 5.91 Å². The quantitative estimate of drug-likeness (QED) is 0.278. The highest BCUT2D eigenvalue weighted by Gasteiger charge is 2.15. The lowest BCUT2D eigenvalue weighted by atomic mass is 10.0. The number of amides is 1. The summed E-state index contributed by atoms with van der Waals surface area (Å²) in [6.45, 7) is 3.21. The van der Waals surface area contributed by atoms with E-state index in [2.05, 4.69) is 44.8 Å². The van der Waals surface area contributed by atoms with Gasteiger partial charge in [0, 0.05) is 66.4 Å². The Morgan fingerprint density at radius 3 is 2.90 bits per heavy atom. The molecule has 3 aromatic heterocycles. The van der Waals surface area contributed by atoms with Gasteiger partial charge in [-0.2, -0.15) is 17.7 Å². The summed E-state index contributed by atoms with van der Waals surface area (Å²) in [6, 6.07) is 12.1. The van der Waals surface area contributed by atoms with Crippen molar-refractivity contribution in [1.29, 1.82) is 0 Å². The molecule has 0 unspecified atom stereocenters. The lowest BCUT2D eigenvalue weighted by Crippen LogP contribution is -2.28. The van der Waals surface area contributed by atoms with E-state index in [-0.39, 0.29) is 5.91 Å². The highest BCUT2D eigenvalue weighted by atomic mass is 32.1. The molecule has 0 bridgehead atoms. The van der Waals surface area contributed by atoms with Gasteiger partial charge in [-0.15, -0.1) is 0 Å². The van der Waals surface area contributed by atoms with E-state index in [1.54, 1.807) is 12.5 Å². The summed E-state index contributed by atoms with van der Waals surface area (Å²) in [5, 5.41) is 8.58. The minimum absolute atomic E-state index is 0.0445. The molecule has 39 heavy (non-hydrogen) atoms. The zero-order chi connectivity index (χ0) is 26.8. The normalized spacial score (nSPS) is 13.2. The highest BCUT2D eigenvalue weighted by Crippen LogP contribution is 2.35. The maximum Gasteiger partial charge on any atom is 0.225 e. The number of para-hydroxylation sites is 1. The minimum atomic E-state index is -0.0445. The van der Waals surface area contributed by atoms with E-state index in [1.807, 2.05) is 60.7 Å². The summed E-state index contributed by atoms with van der Waals surface area (Å²) >= 11 is 4.15. The Morgan fingerprint density at radius 2 is 2.05 bits per heavy atom. The van der Waals surface area contributed by atoms with E-state index in [4.69, 9.17) is 14.7 Å². The average molecular weight is 540 g/mol. The van der Waals surface area contributed by atoms with Gasteiger partial charge in [-0.05, 0) is 24.0 Å². The fourth-order valence-corrected chi connectivity index (χ4v) is 5.07. The first-order chi connectivity index (χ1) is 19.1. The summed E-state index contributed by atoms with van der Waals surface area (Å²) in [6.07, 6.45) is 11.8. The molecule has 2 aromatic carbocycles. The Labute approximate surface area is 231 Å². The van der Waals surface area contributed by atoms with Crippen LogP contribution in [0.1, 0.15) is 6.42 Å². The molecule has 1 aliphatic heterocycles. The molecule has 1 amide bonds. The highest BCUT2D eigenvalue weighted by molar-refractivity contribution is 7.80. The number of ether oxygens (including phenoxy) is 1. The van der Waals surface area contributed by atoms with Gasteiger partial charge in [-0.25, -0.2) is 4.98 Å². The molecule has 10 heteroatoms. The van der Waals surface area contributed by atoms with E-state index < -0.39 is 0 Å². The summed E-state index contributed by atoms with van der Waals surface area (Å²) in [5.74, 6) is 0.469. The number of carbonyl (C=O) groups excluding carboxylic acids is 1. The van der Waals surface area contributed by atoms with Crippen LogP contribution in [-0.4, -0.2) is 60.6 Å². The van der Waals surface area contributed by atoms with Crippen LogP contribution in [-0.2, 0) is 23.1 Å². The zero-order valence-electron chi connectivity index (χ0n) is 21.6. The lowest BCUT2D eigenvalue weighted by Gasteiger charge is -2.23. The number of hydrogen-bond donors (Lipinski definition) is 2. The average Bonchev–Trinajstić information content (AvgIpc) is 3.56. The molecule has 0 aliphatic carbocycles. The predicted octanol–water partition coefficient (Wildman–Crippen LogP) is 4.71. The first kappa shape index (κ1) is 25.0. The van der Waals surface area contributed by atoms with Gasteiger partial charge in [0.1, 0.15) is 6.61 Å². The second kappa shape index (κ2) is 10.8. The van der Waals surface area contributed by atoms with Crippen molar-refractivity contribution in [3.8, 4) is 22.4 Å². The molecule has 198 valence electrons. The molecule has 1 aliphatic rings. The van der Waals surface area contributed by atoms with Gasteiger partial charge < -0.3 is 19.5 Å². The number of anilines is 1. The number of thiol groups is 1. The Morgan fingerprint density at radius 1 is 1.13 bits per heavy atom. The van der Waals surface area contributed by atoms with Gasteiger partial charge in [0.05, 0.1) is 54.0 Å². The van der Waals surface area contributed by atoms with Crippen LogP contribution in [0, 0.1) is 0 Å². The summed E-state index contributed by atoms with van der Waals surface area (Å²) < 4.78 is 9.27. The molecule has 5 aromatic rings. The summed E-state index contributed by atoms with van der Waals surface area (Å²) in [7, 11) is 2.01. The van der Waals surface area contributed by atoms with Crippen molar-refractivity contribution in [1.82, 2.24) is 29.2 Å². The molecule has 4 heterocycles. The summed E-state index contributed by atoms with van der Waals surface area (Å²) in [4.78, 5) is 24.1. The number of nitrogens with zero attached hydrogens (tertiary/aromatic N) is 6. The third kappa shape index (κ3) is 5.20. The largest absolute Gasteiger partial charge is 0.498 e. The van der Waals surface area contributed by atoms with Crippen molar-refractivity contribution in [2.24, 2.45) is 7.05 Å². The third-order valence-electron chi connectivity index (χ3n) is 6.89. The van der Waals surface area contributed by atoms with Crippen LogP contribution in [0.25, 0.3) is 44.3 Å². The number of aryl methyl sites for hydroxylation is 1. The molecule has 9 nitrogen and oxygen atoms in total. The number of fused-ring (bicyclic) bond motifs is 2. The Kier molecular flexibility index (Phi) is 6.93. The predicted molar refractivity (Wildman–Crippen MR) is 156 cm³/mol.